The second kappa shape index (κ2) is 7.31. The number of ether oxygens (including phenoxy) is 1. The first kappa shape index (κ1) is 17.8. The summed E-state index contributed by atoms with van der Waals surface area (Å²) in [6.45, 7) is 3.09. The van der Waals surface area contributed by atoms with Crippen LogP contribution < -0.4 is 4.90 Å². The maximum absolute atomic E-state index is 13.0. The van der Waals surface area contributed by atoms with Crippen molar-refractivity contribution in [2.75, 3.05) is 31.1 Å². The molecule has 1 fully saturated rings. The number of hydrogen-bond donors (Lipinski definition) is 0. The van der Waals surface area contributed by atoms with Gasteiger partial charge in [0.05, 0.1) is 30.4 Å². The van der Waals surface area contributed by atoms with Crippen molar-refractivity contribution in [3.63, 3.8) is 0 Å². The molecule has 0 radical (unpaired) electrons. The molecular formula is C20H19ClN4O2S. The Labute approximate surface area is 171 Å². The van der Waals surface area contributed by atoms with Crippen molar-refractivity contribution in [2.24, 2.45) is 0 Å². The second-order valence-corrected chi connectivity index (χ2v) is 8.48. The van der Waals surface area contributed by atoms with Gasteiger partial charge in [0.1, 0.15) is 5.82 Å². The van der Waals surface area contributed by atoms with E-state index in [1.54, 1.807) is 23.6 Å². The minimum atomic E-state index is -0.475. The first-order valence-corrected chi connectivity index (χ1v) is 10.6. The third kappa shape index (κ3) is 3.34. The molecule has 1 unspecified atom stereocenters. The van der Waals surface area contributed by atoms with E-state index in [2.05, 4.69) is 21.3 Å². The number of halogens is 1. The predicted molar refractivity (Wildman–Crippen MR) is 110 cm³/mol. The molecule has 5 rings (SSSR count). The van der Waals surface area contributed by atoms with Gasteiger partial charge in [0.2, 0.25) is 0 Å². The fraction of sp³-hybridized carbons (Fsp3) is 0.350. The average Bonchev–Trinajstić information content (AvgIpc) is 3.21. The summed E-state index contributed by atoms with van der Waals surface area (Å²) < 4.78 is 5.82. The van der Waals surface area contributed by atoms with E-state index in [4.69, 9.17) is 21.3 Å². The van der Waals surface area contributed by atoms with Crippen LogP contribution in [-0.2, 0) is 22.5 Å². The zero-order valence-corrected chi connectivity index (χ0v) is 16.7. The number of hydrogen-bond acceptors (Lipinski definition) is 6. The van der Waals surface area contributed by atoms with Crippen LogP contribution >= 0.6 is 22.9 Å². The minimum Gasteiger partial charge on any atom is -0.365 e. The van der Waals surface area contributed by atoms with Gasteiger partial charge in [-0.3, -0.25) is 9.78 Å². The standard InChI is InChI=1S/C20H19ClN4O2S/c21-14-1-2-15-16(9-14)22-10-19(23-15)24-6-7-27-17(12-24)20(26)25-5-3-18-13(11-25)4-8-28-18/h1-2,4,8-10,17H,3,5-7,11-12H2. The molecule has 1 aromatic carbocycles. The van der Waals surface area contributed by atoms with Gasteiger partial charge in [-0.05, 0) is 41.6 Å². The van der Waals surface area contributed by atoms with Crippen molar-refractivity contribution in [2.45, 2.75) is 19.1 Å². The van der Waals surface area contributed by atoms with E-state index >= 15 is 0 Å². The summed E-state index contributed by atoms with van der Waals surface area (Å²) in [5.41, 5.74) is 2.81. The molecular weight excluding hydrogens is 396 g/mol. The molecule has 2 aliphatic heterocycles. The third-order valence-electron chi connectivity index (χ3n) is 5.28. The Bertz CT molecular complexity index is 1040. The summed E-state index contributed by atoms with van der Waals surface area (Å²) in [5, 5.41) is 2.74. The number of aromatic nitrogens is 2. The Morgan fingerprint density at radius 1 is 1.25 bits per heavy atom. The number of benzene rings is 1. The molecule has 28 heavy (non-hydrogen) atoms. The molecule has 4 heterocycles. The topological polar surface area (TPSA) is 58.6 Å². The molecule has 1 atom stereocenters. The molecule has 0 spiro atoms. The lowest BCUT2D eigenvalue weighted by molar-refractivity contribution is -0.145. The molecule has 1 saturated heterocycles. The van der Waals surface area contributed by atoms with Crippen molar-refractivity contribution < 1.29 is 9.53 Å². The maximum Gasteiger partial charge on any atom is 0.253 e. The SMILES string of the molecule is O=C(C1CN(c2cnc3cc(Cl)ccc3n2)CCO1)N1CCc2sccc2C1. The molecule has 8 heteroatoms. The van der Waals surface area contributed by atoms with Crippen LogP contribution in [0.5, 0.6) is 0 Å². The van der Waals surface area contributed by atoms with Gasteiger partial charge in [-0.25, -0.2) is 4.98 Å². The van der Waals surface area contributed by atoms with Crippen molar-refractivity contribution in [3.05, 3.63) is 51.3 Å². The highest BCUT2D eigenvalue weighted by atomic mass is 35.5. The van der Waals surface area contributed by atoms with Crippen LogP contribution in [-0.4, -0.2) is 53.1 Å². The lowest BCUT2D eigenvalue weighted by atomic mass is 10.1. The first-order valence-electron chi connectivity index (χ1n) is 9.30. The lowest BCUT2D eigenvalue weighted by Crippen LogP contribution is -2.52. The molecule has 144 valence electrons. The molecule has 2 aliphatic rings. The van der Waals surface area contributed by atoms with Crippen LogP contribution in [0, 0.1) is 0 Å². The van der Waals surface area contributed by atoms with Crippen molar-refractivity contribution in [3.8, 4) is 0 Å². The minimum absolute atomic E-state index is 0.0575. The van der Waals surface area contributed by atoms with E-state index in [1.165, 1.54) is 10.4 Å². The number of rotatable bonds is 2. The second-order valence-electron chi connectivity index (χ2n) is 7.05. The molecule has 3 aromatic rings. The Hall–Kier alpha value is -2.22. The first-order chi connectivity index (χ1) is 13.7. The Kier molecular flexibility index (Phi) is 4.66. The lowest BCUT2D eigenvalue weighted by Gasteiger charge is -2.36. The number of morpholine rings is 1. The summed E-state index contributed by atoms with van der Waals surface area (Å²) >= 11 is 7.80. The molecule has 6 nitrogen and oxygen atoms in total. The van der Waals surface area contributed by atoms with Crippen LogP contribution in [0.1, 0.15) is 10.4 Å². The van der Waals surface area contributed by atoms with Gasteiger partial charge in [-0.15, -0.1) is 11.3 Å². The summed E-state index contributed by atoms with van der Waals surface area (Å²) in [5.74, 6) is 0.816. The van der Waals surface area contributed by atoms with Gasteiger partial charge in [0, 0.05) is 29.5 Å². The normalized spacial score (nSPS) is 19.7. The molecule has 0 saturated carbocycles. The molecule has 0 bridgehead atoms. The summed E-state index contributed by atoms with van der Waals surface area (Å²) in [6.07, 6.45) is 2.19. The van der Waals surface area contributed by atoms with Crippen molar-refractivity contribution >= 4 is 45.7 Å². The van der Waals surface area contributed by atoms with Crippen LogP contribution in [0.25, 0.3) is 11.0 Å². The van der Waals surface area contributed by atoms with Gasteiger partial charge in [0.15, 0.2) is 6.10 Å². The van der Waals surface area contributed by atoms with Crippen molar-refractivity contribution in [1.82, 2.24) is 14.9 Å². The molecule has 2 aromatic heterocycles. The highest BCUT2D eigenvalue weighted by Crippen LogP contribution is 2.26. The number of thiophene rings is 1. The highest BCUT2D eigenvalue weighted by Gasteiger charge is 2.32. The van der Waals surface area contributed by atoms with Crippen molar-refractivity contribution in [1.29, 1.82) is 0 Å². The number of nitrogens with zero attached hydrogens (tertiary/aromatic N) is 4. The van der Waals surface area contributed by atoms with E-state index in [9.17, 15) is 4.79 Å². The molecule has 0 N–H and O–H groups in total. The number of anilines is 1. The van der Waals surface area contributed by atoms with Crippen LogP contribution in [0.2, 0.25) is 5.02 Å². The molecule has 0 aliphatic carbocycles. The smallest absolute Gasteiger partial charge is 0.253 e. The third-order valence-corrected chi connectivity index (χ3v) is 6.53. The van der Waals surface area contributed by atoms with Gasteiger partial charge in [-0.1, -0.05) is 11.6 Å². The number of carbonyl (C=O) groups excluding carboxylic acids is 1. The van der Waals surface area contributed by atoms with E-state index in [0.717, 1.165) is 29.8 Å². The van der Waals surface area contributed by atoms with E-state index in [-0.39, 0.29) is 5.91 Å². The quantitative estimate of drug-likeness (QED) is 0.644. The van der Waals surface area contributed by atoms with Gasteiger partial charge < -0.3 is 14.5 Å². The van der Waals surface area contributed by atoms with E-state index in [0.29, 0.717) is 31.3 Å². The zero-order valence-electron chi connectivity index (χ0n) is 15.2. The summed E-state index contributed by atoms with van der Waals surface area (Å²) in [4.78, 5) is 27.6. The Balaban J connectivity index is 1.32. The number of carbonyl (C=O) groups is 1. The molecule has 1 amide bonds. The van der Waals surface area contributed by atoms with E-state index in [1.807, 2.05) is 17.0 Å². The predicted octanol–water partition coefficient (Wildman–Crippen LogP) is 3.13. The number of fused-ring (bicyclic) bond motifs is 2. The van der Waals surface area contributed by atoms with Crippen LogP contribution in [0.4, 0.5) is 5.82 Å². The largest absolute Gasteiger partial charge is 0.365 e. The summed E-state index contributed by atoms with van der Waals surface area (Å²) in [7, 11) is 0. The summed E-state index contributed by atoms with van der Waals surface area (Å²) in [6, 6.07) is 7.59. The van der Waals surface area contributed by atoms with Crippen LogP contribution in [0.15, 0.2) is 35.8 Å². The Morgan fingerprint density at radius 2 is 2.18 bits per heavy atom. The maximum atomic E-state index is 13.0. The van der Waals surface area contributed by atoms with Gasteiger partial charge in [-0.2, -0.15) is 0 Å². The van der Waals surface area contributed by atoms with Crippen LogP contribution in [0.3, 0.4) is 0 Å². The van der Waals surface area contributed by atoms with Gasteiger partial charge >= 0.3 is 0 Å². The monoisotopic (exact) mass is 414 g/mol. The highest BCUT2D eigenvalue weighted by molar-refractivity contribution is 7.10. The fourth-order valence-electron chi connectivity index (χ4n) is 3.77. The number of amides is 1. The van der Waals surface area contributed by atoms with E-state index < -0.39 is 6.10 Å². The fourth-order valence-corrected chi connectivity index (χ4v) is 4.83. The average molecular weight is 415 g/mol. The van der Waals surface area contributed by atoms with Gasteiger partial charge in [0.25, 0.3) is 5.91 Å². The Morgan fingerprint density at radius 3 is 3.11 bits per heavy atom. The zero-order chi connectivity index (χ0) is 19.1.